The van der Waals surface area contributed by atoms with Crippen molar-refractivity contribution in [3.05, 3.63) is 96.3 Å². The molecule has 3 aromatic carbocycles. The molecule has 0 bridgehead atoms. The van der Waals surface area contributed by atoms with Crippen LogP contribution in [0.1, 0.15) is 56.1 Å². The third kappa shape index (κ3) is 5.37. The summed E-state index contributed by atoms with van der Waals surface area (Å²) >= 11 is 0. The number of hydrogen-bond donors (Lipinski definition) is 0. The van der Waals surface area contributed by atoms with E-state index < -0.39 is 0 Å². The highest BCUT2D eigenvalue weighted by Gasteiger charge is 2.20. The number of halogens is 1. The molecule has 1 aliphatic rings. The van der Waals surface area contributed by atoms with Crippen LogP contribution in [-0.2, 0) is 11.3 Å². The lowest BCUT2D eigenvalue weighted by Gasteiger charge is -2.27. The summed E-state index contributed by atoms with van der Waals surface area (Å²) in [5.41, 5.74) is 6.36. The van der Waals surface area contributed by atoms with Crippen LogP contribution >= 0.6 is 0 Å². The second-order valence-corrected chi connectivity index (χ2v) is 8.91. The predicted octanol–water partition coefficient (Wildman–Crippen LogP) is 8.55. The second kappa shape index (κ2) is 10.7. The summed E-state index contributed by atoms with van der Waals surface area (Å²) in [6.45, 7) is 6.98. The maximum absolute atomic E-state index is 14.5. The van der Waals surface area contributed by atoms with Crippen molar-refractivity contribution in [1.82, 2.24) is 0 Å². The van der Waals surface area contributed by atoms with Crippen LogP contribution in [0, 0.1) is 11.7 Å². The fraction of sp³-hybridized carbons (Fsp3) is 0.333. The average Bonchev–Trinajstić information content (AvgIpc) is 2.85. The molecule has 0 spiro atoms. The minimum Gasteiger partial charge on any atom is -0.377 e. The third-order valence-electron chi connectivity index (χ3n) is 6.70. The molecule has 4 rings (SSSR count). The van der Waals surface area contributed by atoms with Gasteiger partial charge in [-0.05, 0) is 77.8 Å². The Kier molecular flexibility index (Phi) is 7.55. The number of allylic oxidation sites excluding steroid dienone is 1. The molecule has 0 amide bonds. The zero-order chi connectivity index (χ0) is 22.3. The molecular weight excluding hydrogens is 395 g/mol. The van der Waals surface area contributed by atoms with Gasteiger partial charge >= 0.3 is 0 Å². The molecule has 0 radical (unpaired) electrons. The normalized spacial score (nSPS) is 18.4. The molecule has 166 valence electrons. The van der Waals surface area contributed by atoms with Crippen molar-refractivity contribution in [2.45, 2.75) is 51.6 Å². The van der Waals surface area contributed by atoms with Crippen LogP contribution in [0.15, 0.2) is 79.4 Å². The van der Waals surface area contributed by atoms with E-state index >= 15 is 0 Å². The first-order valence-corrected chi connectivity index (χ1v) is 11.9. The van der Waals surface area contributed by atoms with Gasteiger partial charge in [0.25, 0.3) is 0 Å². The largest absolute Gasteiger partial charge is 0.377 e. The molecule has 0 heterocycles. The summed E-state index contributed by atoms with van der Waals surface area (Å²) in [4.78, 5) is 0. The van der Waals surface area contributed by atoms with Crippen molar-refractivity contribution in [3.8, 4) is 22.3 Å². The van der Waals surface area contributed by atoms with Crippen LogP contribution in [0.4, 0.5) is 4.39 Å². The molecule has 0 saturated heterocycles. The molecule has 1 aliphatic carbocycles. The van der Waals surface area contributed by atoms with Gasteiger partial charge in [0, 0.05) is 12.2 Å². The Morgan fingerprint density at radius 2 is 1.41 bits per heavy atom. The first-order valence-electron chi connectivity index (χ1n) is 11.9. The van der Waals surface area contributed by atoms with Gasteiger partial charge in [-0.25, -0.2) is 4.39 Å². The second-order valence-electron chi connectivity index (χ2n) is 8.91. The lowest BCUT2D eigenvalue weighted by atomic mass is 9.78. The Labute approximate surface area is 192 Å². The Hall–Kier alpha value is -2.71. The van der Waals surface area contributed by atoms with E-state index in [2.05, 4.69) is 61.2 Å². The molecule has 0 N–H and O–H groups in total. The van der Waals surface area contributed by atoms with E-state index in [1.165, 1.54) is 42.4 Å². The zero-order valence-electron chi connectivity index (χ0n) is 19.0. The zero-order valence-corrected chi connectivity index (χ0v) is 19.0. The summed E-state index contributed by atoms with van der Waals surface area (Å²) in [7, 11) is 0. The van der Waals surface area contributed by atoms with E-state index in [1.54, 1.807) is 6.07 Å². The molecule has 0 aliphatic heterocycles. The van der Waals surface area contributed by atoms with Crippen molar-refractivity contribution in [1.29, 1.82) is 0 Å². The van der Waals surface area contributed by atoms with Gasteiger partial charge in [0.2, 0.25) is 0 Å². The maximum Gasteiger partial charge on any atom is 0.129 e. The molecule has 3 aromatic rings. The van der Waals surface area contributed by atoms with Crippen LogP contribution in [0.25, 0.3) is 22.3 Å². The molecule has 1 saturated carbocycles. The van der Waals surface area contributed by atoms with Crippen molar-refractivity contribution in [2.24, 2.45) is 5.92 Å². The van der Waals surface area contributed by atoms with Gasteiger partial charge in [0.05, 0.1) is 6.61 Å². The Balaban J connectivity index is 1.42. The average molecular weight is 429 g/mol. The molecule has 0 unspecified atom stereocenters. The third-order valence-corrected chi connectivity index (χ3v) is 6.70. The highest BCUT2D eigenvalue weighted by atomic mass is 19.1. The molecule has 1 nitrogen and oxygen atoms in total. The molecular formula is C30H33FO. The van der Waals surface area contributed by atoms with Crippen molar-refractivity contribution in [2.75, 3.05) is 6.61 Å². The molecule has 1 fully saturated rings. The summed E-state index contributed by atoms with van der Waals surface area (Å²) < 4.78 is 19.9. The summed E-state index contributed by atoms with van der Waals surface area (Å²) in [5, 5.41) is 0. The van der Waals surface area contributed by atoms with Crippen LogP contribution < -0.4 is 0 Å². The van der Waals surface area contributed by atoms with Gasteiger partial charge in [-0.3, -0.25) is 0 Å². The quantitative estimate of drug-likeness (QED) is 0.258. The van der Waals surface area contributed by atoms with Crippen LogP contribution in [0.5, 0.6) is 0 Å². The van der Waals surface area contributed by atoms with E-state index in [-0.39, 0.29) is 5.82 Å². The van der Waals surface area contributed by atoms with Crippen molar-refractivity contribution >= 4 is 0 Å². The number of rotatable bonds is 8. The SMILES string of the molecule is C=C[C@H]1CC[C@H](c2ccc(-c3ccc(-c4ccc(COCCC)c(F)c4)cc3)cc2)CC1. The Morgan fingerprint density at radius 3 is 1.97 bits per heavy atom. The van der Waals surface area contributed by atoms with E-state index in [0.29, 0.717) is 30.6 Å². The summed E-state index contributed by atoms with van der Waals surface area (Å²) in [5.74, 6) is 1.16. The van der Waals surface area contributed by atoms with Gasteiger partial charge in [-0.2, -0.15) is 0 Å². The van der Waals surface area contributed by atoms with Gasteiger partial charge < -0.3 is 4.74 Å². The molecule has 0 aromatic heterocycles. The first kappa shape index (κ1) is 22.5. The fourth-order valence-corrected chi connectivity index (χ4v) is 4.66. The van der Waals surface area contributed by atoms with E-state index in [4.69, 9.17) is 4.74 Å². The van der Waals surface area contributed by atoms with E-state index in [0.717, 1.165) is 17.5 Å². The first-order chi connectivity index (χ1) is 15.7. The molecule has 32 heavy (non-hydrogen) atoms. The summed E-state index contributed by atoms with van der Waals surface area (Å²) in [6.07, 6.45) is 8.07. The minimum absolute atomic E-state index is 0.208. The monoisotopic (exact) mass is 428 g/mol. The number of benzene rings is 3. The van der Waals surface area contributed by atoms with Gasteiger partial charge in [-0.15, -0.1) is 6.58 Å². The summed E-state index contributed by atoms with van der Waals surface area (Å²) in [6, 6.07) is 22.8. The standard InChI is InChI=1S/C30H33FO/c1-3-19-32-21-29-18-17-28(20-30(29)31)27-15-13-26(14-16-27)25-11-9-24(10-12-25)23-7-5-22(4-2)6-8-23/h4,9-18,20,22-23H,2-3,5-8,19,21H2,1H3/t22-,23-. The van der Waals surface area contributed by atoms with Crippen LogP contribution in [0.2, 0.25) is 0 Å². The van der Waals surface area contributed by atoms with Gasteiger partial charge in [0.15, 0.2) is 0 Å². The number of hydrogen-bond acceptors (Lipinski definition) is 1. The lowest BCUT2D eigenvalue weighted by molar-refractivity contribution is 0.119. The van der Waals surface area contributed by atoms with Crippen molar-refractivity contribution in [3.63, 3.8) is 0 Å². The smallest absolute Gasteiger partial charge is 0.129 e. The van der Waals surface area contributed by atoms with Crippen LogP contribution in [-0.4, -0.2) is 6.61 Å². The van der Waals surface area contributed by atoms with Crippen molar-refractivity contribution < 1.29 is 9.13 Å². The highest BCUT2D eigenvalue weighted by Crippen LogP contribution is 2.37. The molecule has 0 atom stereocenters. The van der Waals surface area contributed by atoms with Gasteiger partial charge in [0.1, 0.15) is 5.82 Å². The minimum atomic E-state index is -0.208. The Bertz CT molecular complexity index is 1010. The fourth-order valence-electron chi connectivity index (χ4n) is 4.66. The van der Waals surface area contributed by atoms with E-state index in [1.807, 2.05) is 19.1 Å². The molecule has 2 heteroatoms. The highest BCUT2D eigenvalue weighted by molar-refractivity contribution is 5.70. The van der Waals surface area contributed by atoms with Crippen LogP contribution in [0.3, 0.4) is 0 Å². The number of ether oxygens (including phenoxy) is 1. The Morgan fingerprint density at radius 1 is 0.844 bits per heavy atom. The lowest BCUT2D eigenvalue weighted by Crippen LogP contribution is -2.11. The van der Waals surface area contributed by atoms with Gasteiger partial charge in [-0.1, -0.05) is 73.7 Å². The van der Waals surface area contributed by atoms with E-state index in [9.17, 15) is 4.39 Å². The maximum atomic E-state index is 14.5. The predicted molar refractivity (Wildman–Crippen MR) is 132 cm³/mol. The topological polar surface area (TPSA) is 9.23 Å².